The Kier molecular flexibility index (Phi) is 4.13. The Morgan fingerprint density at radius 1 is 1.47 bits per heavy atom. The van der Waals surface area contributed by atoms with Crippen molar-refractivity contribution in [2.75, 3.05) is 32.7 Å². The summed E-state index contributed by atoms with van der Waals surface area (Å²) in [6, 6.07) is 3.11. The summed E-state index contributed by atoms with van der Waals surface area (Å²) < 4.78 is 10.7. The van der Waals surface area contributed by atoms with E-state index in [-0.39, 0.29) is 5.69 Å². The fourth-order valence-electron chi connectivity index (χ4n) is 1.58. The number of ether oxygens (including phenoxy) is 2. The van der Waals surface area contributed by atoms with Gasteiger partial charge in [-0.15, -0.1) is 0 Å². The number of rotatable bonds is 6. The molecule has 19 heavy (non-hydrogen) atoms. The van der Waals surface area contributed by atoms with Crippen LogP contribution in [0.5, 0.6) is 5.75 Å². The summed E-state index contributed by atoms with van der Waals surface area (Å²) in [6.45, 7) is 1.14. The lowest BCUT2D eigenvalue weighted by atomic mass is 10.3. The molecule has 0 aliphatic carbocycles. The Labute approximate surface area is 113 Å². The largest absolute Gasteiger partial charge is 0.496 e. The number of benzene rings is 1. The molecule has 1 N–H and O–H groups in total. The van der Waals surface area contributed by atoms with Gasteiger partial charge in [0.1, 0.15) is 5.75 Å². The molecule has 0 bridgehead atoms. The van der Waals surface area contributed by atoms with Crippen molar-refractivity contribution in [1.29, 1.82) is 0 Å². The summed E-state index contributed by atoms with van der Waals surface area (Å²) >= 11 is 1.35. The van der Waals surface area contributed by atoms with Crippen molar-refractivity contribution in [2.45, 2.75) is 0 Å². The summed E-state index contributed by atoms with van der Waals surface area (Å²) in [6.07, 6.45) is 0. The number of methoxy groups -OCH3 is 2. The zero-order valence-electron chi connectivity index (χ0n) is 10.5. The minimum absolute atomic E-state index is 0.0506. The van der Waals surface area contributed by atoms with Gasteiger partial charge in [0.05, 0.1) is 29.4 Å². The molecule has 1 aromatic carbocycles. The number of nitrogens with one attached hydrogen (secondary N) is 1. The van der Waals surface area contributed by atoms with E-state index >= 15 is 0 Å². The number of non-ortho nitro benzene ring substituents is 1. The van der Waals surface area contributed by atoms with E-state index in [1.165, 1.54) is 24.5 Å². The van der Waals surface area contributed by atoms with Crippen LogP contribution in [-0.2, 0) is 4.74 Å². The highest BCUT2D eigenvalue weighted by Crippen LogP contribution is 2.35. The topological polar surface area (TPSA) is 86.5 Å². The van der Waals surface area contributed by atoms with E-state index in [4.69, 9.17) is 9.47 Å². The Morgan fingerprint density at radius 3 is 2.89 bits per heavy atom. The Balaban J connectivity index is 2.39. The maximum atomic E-state index is 11.0. The van der Waals surface area contributed by atoms with Gasteiger partial charge in [0.15, 0.2) is 10.6 Å². The van der Waals surface area contributed by atoms with E-state index in [9.17, 15) is 10.1 Å². The number of nitro benzene ring substituents is 1. The molecule has 0 saturated heterocycles. The number of hydrogen-bond donors (Lipinski definition) is 1. The fraction of sp³-hybridized carbons (Fsp3) is 0.364. The average molecular weight is 283 g/mol. The van der Waals surface area contributed by atoms with Crippen LogP contribution in [0.3, 0.4) is 0 Å². The average Bonchev–Trinajstić information content (AvgIpc) is 2.80. The van der Waals surface area contributed by atoms with Crippen LogP contribution in [0.15, 0.2) is 12.1 Å². The predicted octanol–water partition coefficient (Wildman–Crippen LogP) is 2.27. The van der Waals surface area contributed by atoms with Crippen molar-refractivity contribution < 1.29 is 14.4 Å². The molecule has 0 spiro atoms. The number of nitro groups is 1. The van der Waals surface area contributed by atoms with Gasteiger partial charge in [-0.25, -0.2) is 4.98 Å². The monoisotopic (exact) mass is 283 g/mol. The minimum Gasteiger partial charge on any atom is -0.496 e. The quantitative estimate of drug-likeness (QED) is 0.497. The highest BCUT2D eigenvalue weighted by atomic mass is 32.1. The fourth-order valence-corrected chi connectivity index (χ4v) is 2.52. The molecule has 0 aliphatic rings. The van der Waals surface area contributed by atoms with Crippen LogP contribution in [0.1, 0.15) is 0 Å². The molecule has 7 nitrogen and oxygen atoms in total. The molecule has 0 aliphatic heterocycles. The predicted molar refractivity (Wildman–Crippen MR) is 73.2 cm³/mol. The lowest BCUT2D eigenvalue weighted by Gasteiger charge is -1.99. The number of thiazole rings is 1. The number of aromatic nitrogens is 1. The molecule has 0 atom stereocenters. The van der Waals surface area contributed by atoms with Crippen LogP contribution in [-0.4, -0.2) is 37.3 Å². The molecule has 1 aromatic heterocycles. The van der Waals surface area contributed by atoms with Crippen molar-refractivity contribution >= 4 is 32.4 Å². The second kappa shape index (κ2) is 5.81. The van der Waals surface area contributed by atoms with Gasteiger partial charge in [0.2, 0.25) is 0 Å². The van der Waals surface area contributed by atoms with Crippen LogP contribution in [0.4, 0.5) is 10.8 Å². The molecule has 0 unspecified atom stereocenters. The van der Waals surface area contributed by atoms with Gasteiger partial charge < -0.3 is 14.8 Å². The van der Waals surface area contributed by atoms with Crippen molar-refractivity contribution in [2.24, 2.45) is 0 Å². The minimum atomic E-state index is -0.455. The molecular weight excluding hydrogens is 270 g/mol. The van der Waals surface area contributed by atoms with Crippen LogP contribution in [0, 0.1) is 10.1 Å². The lowest BCUT2D eigenvalue weighted by Crippen LogP contribution is -2.06. The Hall–Kier alpha value is -1.93. The van der Waals surface area contributed by atoms with Gasteiger partial charge in [-0.1, -0.05) is 11.3 Å². The van der Waals surface area contributed by atoms with E-state index < -0.39 is 4.92 Å². The lowest BCUT2D eigenvalue weighted by molar-refractivity contribution is -0.383. The van der Waals surface area contributed by atoms with Crippen molar-refractivity contribution in [3.63, 3.8) is 0 Å². The Morgan fingerprint density at radius 2 is 2.26 bits per heavy atom. The SMILES string of the molecule is COCCNc1nc2c([N+](=O)[O-])cc(OC)cc2s1. The third kappa shape index (κ3) is 2.91. The van der Waals surface area contributed by atoms with Crippen LogP contribution in [0.25, 0.3) is 10.2 Å². The number of anilines is 1. The highest BCUT2D eigenvalue weighted by Gasteiger charge is 2.18. The van der Waals surface area contributed by atoms with Gasteiger partial charge in [-0.3, -0.25) is 10.1 Å². The molecule has 2 aromatic rings. The number of hydrogen-bond acceptors (Lipinski definition) is 7. The zero-order valence-corrected chi connectivity index (χ0v) is 11.3. The maximum Gasteiger partial charge on any atom is 0.300 e. The van der Waals surface area contributed by atoms with E-state index in [1.54, 1.807) is 13.2 Å². The zero-order chi connectivity index (χ0) is 13.8. The van der Waals surface area contributed by atoms with Gasteiger partial charge in [-0.05, 0) is 0 Å². The first-order chi connectivity index (χ1) is 9.15. The second-order valence-electron chi connectivity index (χ2n) is 3.69. The maximum absolute atomic E-state index is 11.0. The molecular formula is C11H13N3O4S. The smallest absolute Gasteiger partial charge is 0.300 e. The van der Waals surface area contributed by atoms with Crippen molar-refractivity contribution in [1.82, 2.24) is 4.98 Å². The standard InChI is InChI=1S/C11H13N3O4S/c1-17-4-3-12-11-13-10-8(14(15)16)5-7(18-2)6-9(10)19-11/h5-6H,3-4H2,1-2H3,(H,12,13). The summed E-state index contributed by atoms with van der Waals surface area (Å²) in [7, 11) is 3.08. The summed E-state index contributed by atoms with van der Waals surface area (Å²) in [5, 5.41) is 14.7. The van der Waals surface area contributed by atoms with Gasteiger partial charge in [0.25, 0.3) is 5.69 Å². The van der Waals surface area contributed by atoms with E-state index in [0.717, 1.165) is 0 Å². The van der Waals surface area contributed by atoms with Gasteiger partial charge in [0, 0.05) is 19.7 Å². The Bertz CT molecular complexity index is 599. The third-order valence-electron chi connectivity index (χ3n) is 2.46. The number of nitrogens with zero attached hydrogens (tertiary/aromatic N) is 2. The first-order valence-electron chi connectivity index (χ1n) is 5.51. The van der Waals surface area contributed by atoms with Crippen LogP contribution < -0.4 is 10.1 Å². The van der Waals surface area contributed by atoms with Crippen LogP contribution >= 0.6 is 11.3 Å². The molecule has 0 fully saturated rings. The molecule has 0 amide bonds. The first kappa shape index (κ1) is 13.5. The van der Waals surface area contributed by atoms with Crippen molar-refractivity contribution in [3.05, 3.63) is 22.2 Å². The van der Waals surface area contributed by atoms with E-state index in [2.05, 4.69) is 10.3 Å². The summed E-state index contributed by atoms with van der Waals surface area (Å²) in [4.78, 5) is 14.8. The molecule has 0 radical (unpaired) electrons. The van der Waals surface area contributed by atoms with E-state index in [1.807, 2.05) is 0 Å². The molecule has 2 rings (SSSR count). The summed E-state index contributed by atoms with van der Waals surface area (Å²) in [5.41, 5.74) is 0.320. The normalized spacial score (nSPS) is 10.6. The third-order valence-corrected chi connectivity index (χ3v) is 3.42. The highest BCUT2D eigenvalue weighted by molar-refractivity contribution is 7.22. The van der Waals surface area contributed by atoms with E-state index in [0.29, 0.717) is 34.2 Å². The second-order valence-corrected chi connectivity index (χ2v) is 4.72. The van der Waals surface area contributed by atoms with Crippen LogP contribution in [0.2, 0.25) is 0 Å². The van der Waals surface area contributed by atoms with Crippen molar-refractivity contribution in [3.8, 4) is 5.75 Å². The molecule has 0 saturated carbocycles. The molecule has 102 valence electrons. The van der Waals surface area contributed by atoms with Gasteiger partial charge >= 0.3 is 0 Å². The van der Waals surface area contributed by atoms with Gasteiger partial charge in [-0.2, -0.15) is 0 Å². The molecule has 1 heterocycles. The first-order valence-corrected chi connectivity index (χ1v) is 6.33. The summed E-state index contributed by atoms with van der Waals surface area (Å²) in [5.74, 6) is 0.450. The number of fused-ring (bicyclic) bond motifs is 1. The molecule has 8 heteroatoms.